The second kappa shape index (κ2) is 6.27. The van der Waals surface area contributed by atoms with Gasteiger partial charge in [-0.3, -0.25) is 0 Å². The second-order valence-corrected chi connectivity index (χ2v) is 8.31. The van der Waals surface area contributed by atoms with Crippen molar-refractivity contribution in [1.29, 1.82) is 0 Å². The van der Waals surface area contributed by atoms with E-state index >= 15 is 0 Å². The molecule has 1 aromatic carbocycles. The Balaban J connectivity index is 1.70. The lowest BCUT2D eigenvalue weighted by Crippen LogP contribution is -2.48. The Morgan fingerprint density at radius 2 is 2.11 bits per heavy atom. The highest BCUT2D eigenvalue weighted by atomic mass is 16.5. The first-order valence-electron chi connectivity index (χ1n) is 10.8. The van der Waals surface area contributed by atoms with Crippen molar-refractivity contribution in [2.75, 3.05) is 13.7 Å². The molecule has 5 rings (SSSR count). The maximum absolute atomic E-state index is 8.88. The Bertz CT molecular complexity index is 1020. The number of nitrogens with two attached hydrogens (primary N) is 1. The minimum Gasteiger partial charge on any atom is -0.462 e. The van der Waals surface area contributed by atoms with Crippen molar-refractivity contribution in [3.8, 4) is 11.1 Å². The number of fused-ring (bicyclic) bond motifs is 3. The lowest BCUT2D eigenvalue weighted by molar-refractivity contribution is -0.0445. The first-order chi connectivity index (χ1) is 14.3. The van der Waals surface area contributed by atoms with E-state index in [1.807, 2.05) is 12.1 Å². The number of hydrogen-bond donors (Lipinski definition) is 1. The lowest BCUT2D eigenvalue weighted by atomic mass is 9.59. The fourth-order valence-electron chi connectivity index (χ4n) is 5.54. The molecule has 6 heteroatoms. The van der Waals surface area contributed by atoms with Crippen molar-refractivity contribution in [2.45, 2.75) is 44.2 Å². The van der Waals surface area contributed by atoms with Crippen molar-refractivity contribution in [3.05, 3.63) is 48.0 Å². The molecule has 6 nitrogen and oxygen atoms in total. The monoisotopic (exact) mass is 380 g/mol. The van der Waals surface area contributed by atoms with Gasteiger partial charge in [-0.2, -0.15) is 0 Å². The van der Waals surface area contributed by atoms with Crippen molar-refractivity contribution in [2.24, 2.45) is 22.1 Å². The third-order valence-corrected chi connectivity index (χ3v) is 6.83. The molecule has 0 saturated heterocycles. The number of rotatable bonds is 2. The molecule has 1 aromatic heterocycles. The van der Waals surface area contributed by atoms with E-state index in [1.54, 1.807) is 19.5 Å². The average Bonchev–Trinajstić information content (AvgIpc) is 3.13. The standard InChI is InChI=1S/C22H26N4O2/c1-14-8-21(6-5-19(14)27-2)9-16-4-3-15(17-10-24-13-25-11-17)7-18(16)22(21)12-28-20(23)26-22/h3-4,7,10-11,13-14,19H,5-6,8-9,12H2,1-2H3,(H2,23,26)/t14-,19-,21-,22-/m1/s1/i12D2. The van der Waals surface area contributed by atoms with Crippen LogP contribution in [0, 0.1) is 11.3 Å². The van der Waals surface area contributed by atoms with E-state index in [-0.39, 0.29) is 18.0 Å². The van der Waals surface area contributed by atoms with Crippen LogP contribution in [0.4, 0.5) is 0 Å². The van der Waals surface area contributed by atoms with Crippen molar-refractivity contribution in [3.63, 3.8) is 0 Å². The van der Waals surface area contributed by atoms with E-state index in [0.717, 1.165) is 47.9 Å². The Kier molecular flexibility index (Phi) is 3.46. The third kappa shape index (κ3) is 2.40. The SMILES string of the molecule is [2H]C1([2H])OC(N)=N[C@@]12c1cc(-c3cncnc3)ccc1C[C@]21CC[C@@H](OC)[C@H](C)C1. The van der Waals surface area contributed by atoms with Crippen LogP contribution in [0.3, 0.4) is 0 Å². The Labute approximate surface area is 168 Å². The minimum absolute atomic E-state index is 0.0813. The van der Waals surface area contributed by atoms with Crippen molar-refractivity contribution < 1.29 is 12.2 Å². The number of amidine groups is 1. The highest BCUT2D eigenvalue weighted by molar-refractivity contribution is 5.75. The van der Waals surface area contributed by atoms with E-state index in [0.29, 0.717) is 0 Å². The van der Waals surface area contributed by atoms with Crippen LogP contribution in [0.5, 0.6) is 0 Å². The molecule has 1 fully saturated rings. The molecule has 0 amide bonds. The number of aromatic nitrogens is 2. The summed E-state index contributed by atoms with van der Waals surface area (Å²) in [5.41, 5.74) is 8.16. The zero-order valence-electron chi connectivity index (χ0n) is 18.2. The van der Waals surface area contributed by atoms with Gasteiger partial charge in [0.1, 0.15) is 18.4 Å². The van der Waals surface area contributed by atoms with Crippen LogP contribution in [0.2, 0.25) is 0 Å². The first kappa shape index (κ1) is 15.5. The average molecular weight is 380 g/mol. The van der Waals surface area contributed by atoms with Crippen LogP contribution in [-0.4, -0.2) is 35.8 Å². The Morgan fingerprint density at radius 3 is 2.79 bits per heavy atom. The van der Waals surface area contributed by atoms with Gasteiger partial charge in [0.2, 0.25) is 0 Å². The van der Waals surface area contributed by atoms with Gasteiger partial charge < -0.3 is 15.2 Å². The molecule has 2 heterocycles. The molecule has 3 aliphatic rings. The second-order valence-electron chi connectivity index (χ2n) is 8.31. The van der Waals surface area contributed by atoms with Crippen molar-refractivity contribution >= 4 is 6.02 Å². The van der Waals surface area contributed by atoms with E-state index in [4.69, 9.17) is 22.9 Å². The molecule has 146 valence electrons. The van der Waals surface area contributed by atoms with E-state index < -0.39 is 17.5 Å². The molecule has 2 aliphatic carbocycles. The molecule has 0 unspecified atom stereocenters. The van der Waals surface area contributed by atoms with Crippen LogP contribution in [0.1, 0.15) is 40.1 Å². The predicted molar refractivity (Wildman–Crippen MR) is 107 cm³/mol. The van der Waals surface area contributed by atoms with Crippen LogP contribution in [0.25, 0.3) is 11.1 Å². The molecule has 1 aliphatic heterocycles. The molecule has 0 radical (unpaired) electrons. The molecule has 2 aromatic rings. The fourth-order valence-corrected chi connectivity index (χ4v) is 5.54. The Hall–Kier alpha value is -2.47. The molecular formula is C22H26N4O2. The first-order valence-corrected chi connectivity index (χ1v) is 9.78. The summed E-state index contributed by atoms with van der Waals surface area (Å²) in [6, 6.07) is 6.08. The predicted octanol–water partition coefficient (Wildman–Crippen LogP) is 3.06. The smallest absolute Gasteiger partial charge is 0.283 e. The Morgan fingerprint density at radius 1 is 1.29 bits per heavy atom. The third-order valence-electron chi connectivity index (χ3n) is 6.83. The van der Waals surface area contributed by atoms with Crippen LogP contribution >= 0.6 is 0 Å². The lowest BCUT2D eigenvalue weighted by Gasteiger charge is -2.47. The van der Waals surface area contributed by atoms with Gasteiger partial charge in [0.25, 0.3) is 6.02 Å². The largest absolute Gasteiger partial charge is 0.462 e. The van der Waals surface area contributed by atoms with Gasteiger partial charge >= 0.3 is 0 Å². The fraction of sp³-hybridized carbons (Fsp3) is 0.500. The van der Waals surface area contributed by atoms with Crippen LogP contribution in [-0.2, 0) is 21.4 Å². The molecule has 4 atom stereocenters. The summed E-state index contributed by atoms with van der Waals surface area (Å²) in [6.45, 7) is 0.144. The van der Waals surface area contributed by atoms with Gasteiger partial charge in [-0.15, -0.1) is 0 Å². The van der Waals surface area contributed by atoms with Gasteiger partial charge in [0.15, 0.2) is 0 Å². The maximum atomic E-state index is 8.88. The summed E-state index contributed by atoms with van der Waals surface area (Å²) in [7, 11) is 1.75. The van der Waals surface area contributed by atoms with E-state index in [9.17, 15) is 0 Å². The van der Waals surface area contributed by atoms with E-state index in [1.165, 1.54) is 6.33 Å². The number of hydrogen-bond acceptors (Lipinski definition) is 6. The molecule has 2 N–H and O–H groups in total. The zero-order chi connectivity index (χ0) is 21.1. The highest BCUT2D eigenvalue weighted by Crippen LogP contribution is 2.62. The van der Waals surface area contributed by atoms with Crippen LogP contribution in [0.15, 0.2) is 41.9 Å². The van der Waals surface area contributed by atoms with Gasteiger partial charge in [-0.25, -0.2) is 15.0 Å². The summed E-state index contributed by atoms with van der Waals surface area (Å²) in [5.74, 6) is 0.282. The molecule has 28 heavy (non-hydrogen) atoms. The van der Waals surface area contributed by atoms with Gasteiger partial charge in [0.05, 0.1) is 8.85 Å². The minimum atomic E-state index is -2.03. The topological polar surface area (TPSA) is 82.6 Å². The van der Waals surface area contributed by atoms with Gasteiger partial charge in [-0.1, -0.05) is 19.1 Å². The zero-order valence-corrected chi connectivity index (χ0v) is 16.2. The highest BCUT2D eigenvalue weighted by Gasteiger charge is 2.62. The summed E-state index contributed by atoms with van der Waals surface area (Å²) in [6.07, 6.45) is 8.38. The quantitative estimate of drug-likeness (QED) is 0.866. The number of aliphatic imine (C=N–C) groups is 1. The summed E-state index contributed by atoms with van der Waals surface area (Å²) in [4.78, 5) is 13.0. The van der Waals surface area contributed by atoms with Gasteiger partial charge in [0, 0.05) is 30.5 Å². The normalized spacial score (nSPS) is 36.6. The van der Waals surface area contributed by atoms with Gasteiger partial charge in [-0.05, 0) is 54.4 Å². The molecule has 1 saturated carbocycles. The summed E-state index contributed by atoms with van der Waals surface area (Å²) in [5, 5.41) is 0. The maximum Gasteiger partial charge on any atom is 0.283 e. The number of methoxy groups -OCH3 is 1. The molecule has 0 bridgehead atoms. The van der Waals surface area contributed by atoms with Crippen LogP contribution < -0.4 is 5.73 Å². The summed E-state index contributed by atoms with van der Waals surface area (Å²) < 4.78 is 29.0. The number of ether oxygens (including phenoxy) is 2. The summed E-state index contributed by atoms with van der Waals surface area (Å²) >= 11 is 0. The number of benzene rings is 1. The molecule has 2 spiro atoms. The van der Waals surface area contributed by atoms with Crippen molar-refractivity contribution in [1.82, 2.24) is 9.97 Å². The molecular weight excluding hydrogens is 352 g/mol. The van der Waals surface area contributed by atoms with E-state index in [2.05, 4.69) is 23.0 Å². The number of nitrogens with zero attached hydrogens (tertiary/aromatic N) is 3.